The number of nitro benzene ring substituents is 1. The highest BCUT2D eigenvalue weighted by Gasteiger charge is 2.34. The SMILES string of the molecule is Cc1cccc(OCCC(=O)N2CCN(c3ccc(C(F)(F)F)cc3[N+](=O)[O-])CC2)c1. The number of benzene rings is 2. The van der Waals surface area contributed by atoms with Gasteiger partial charge in [0.25, 0.3) is 5.69 Å². The lowest BCUT2D eigenvalue weighted by molar-refractivity contribution is -0.384. The number of halogens is 3. The quantitative estimate of drug-likeness (QED) is 0.504. The van der Waals surface area contributed by atoms with Gasteiger partial charge in [0, 0.05) is 32.2 Å². The molecule has 1 heterocycles. The lowest BCUT2D eigenvalue weighted by atomic mass is 10.1. The first-order valence-corrected chi connectivity index (χ1v) is 9.73. The summed E-state index contributed by atoms with van der Waals surface area (Å²) in [6.07, 6.45) is -4.47. The lowest BCUT2D eigenvalue weighted by Crippen LogP contribution is -2.49. The van der Waals surface area contributed by atoms with Crippen LogP contribution in [-0.4, -0.2) is 48.5 Å². The van der Waals surface area contributed by atoms with Crippen molar-refractivity contribution in [1.82, 2.24) is 4.90 Å². The van der Waals surface area contributed by atoms with Crippen LogP contribution in [0.3, 0.4) is 0 Å². The average molecular weight is 437 g/mol. The molecule has 1 fully saturated rings. The summed E-state index contributed by atoms with van der Waals surface area (Å²) in [7, 11) is 0. The van der Waals surface area contributed by atoms with E-state index in [9.17, 15) is 28.1 Å². The molecule has 0 unspecified atom stereocenters. The number of alkyl halides is 3. The second-order valence-corrected chi connectivity index (χ2v) is 7.24. The molecule has 1 aliphatic rings. The maximum Gasteiger partial charge on any atom is 0.416 e. The van der Waals surface area contributed by atoms with Gasteiger partial charge in [-0.05, 0) is 36.8 Å². The number of piperazine rings is 1. The standard InChI is InChI=1S/C21H22F3N3O4/c1-15-3-2-4-17(13-15)31-12-7-20(28)26-10-8-25(9-11-26)18-6-5-16(21(22,23)24)14-19(18)27(29)30/h2-6,13-14H,7-12H2,1H3. The van der Waals surface area contributed by atoms with Crippen LogP contribution in [0.15, 0.2) is 42.5 Å². The van der Waals surface area contributed by atoms with Crippen molar-refractivity contribution in [3.8, 4) is 5.75 Å². The molecule has 7 nitrogen and oxygen atoms in total. The first-order chi connectivity index (χ1) is 14.6. The van der Waals surface area contributed by atoms with E-state index in [4.69, 9.17) is 4.74 Å². The van der Waals surface area contributed by atoms with Crippen molar-refractivity contribution in [3.63, 3.8) is 0 Å². The molecule has 2 aromatic carbocycles. The van der Waals surface area contributed by atoms with E-state index < -0.39 is 22.4 Å². The molecule has 0 aromatic heterocycles. The van der Waals surface area contributed by atoms with Gasteiger partial charge in [-0.15, -0.1) is 0 Å². The van der Waals surface area contributed by atoms with Crippen molar-refractivity contribution in [2.45, 2.75) is 19.5 Å². The van der Waals surface area contributed by atoms with Crippen molar-refractivity contribution in [2.75, 3.05) is 37.7 Å². The molecule has 166 valence electrons. The van der Waals surface area contributed by atoms with Crippen LogP contribution in [-0.2, 0) is 11.0 Å². The molecule has 0 aliphatic carbocycles. The summed E-state index contributed by atoms with van der Waals surface area (Å²) in [6.45, 7) is 3.39. The number of rotatable bonds is 6. The Morgan fingerprint density at radius 2 is 1.84 bits per heavy atom. The first-order valence-electron chi connectivity index (χ1n) is 9.73. The molecule has 0 bridgehead atoms. The van der Waals surface area contributed by atoms with Crippen LogP contribution < -0.4 is 9.64 Å². The smallest absolute Gasteiger partial charge is 0.416 e. The number of nitrogens with zero attached hydrogens (tertiary/aromatic N) is 3. The van der Waals surface area contributed by atoms with E-state index in [2.05, 4.69) is 0 Å². The van der Waals surface area contributed by atoms with Gasteiger partial charge in [-0.1, -0.05) is 12.1 Å². The van der Waals surface area contributed by atoms with E-state index in [1.165, 1.54) is 0 Å². The third-order valence-electron chi connectivity index (χ3n) is 5.05. The normalized spacial score (nSPS) is 14.5. The lowest BCUT2D eigenvalue weighted by Gasteiger charge is -2.36. The number of nitro groups is 1. The third-order valence-corrected chi connectivity index (χ3v) is 5.05. The topological polar surface area (TPSA) is 75.9 Å². The maximum absolute atomic E-state index is 12.9. The van der Waals surface area contributed by atoms with Crippen molar-refractivity contribution < 1.29 is 27.6 Å². The van der Waals surface area contributed by atoms with E-state index in [0.29, 0.717) is 24.9 Å². The van der Waals surface area contributed by atoms with Gasteiger partial charge < -0.3 is 14.5 Å². The molecular formula is C21H22F3N3O4. The Morgan fingerprint density at radius 3 is 2.45 bits per heavy atom. The monoisotopic (exact) mass is 437 g/mol. The molecule has 1 aliphatic heterocycles. The molecule has 3 rings (SSSR count). The third kappa shape index (κ3) is 5.65. The van der Waals surface area contributed by atoms with Gasteiger partial charge in [0.05, 0.1) is 23.5 Å². The van der Waals surface area contributed by atoms with Crippen LogP contribution in [0, 0.1) is 17.0 Å². The summed E-state index contributed by atoms with van der Waals surface area (Å²) in [5, 5.41) is 11.3. The maximum atomic E-state index is 12.9. The van der Waals surface area contributed by atoms with Gasteiger partial charge in [-0.3, -0.25) is 14.9 Å². The molecule has 2 aromatic rings. The van der Waals surface area contributed by atoms with Crippen LogP contribution in [0.4, 0.5) is 24.5 Å². The Bertz CT molecular complexity index is 957. The van der Waals surface area contributed by atoms with E-state index in [-0.39, 0.29) is 37.7 Å². The van der Waals surface area contributed by atoms with Gasteiger partial charge in [0.2, 0.25) is 5.91 Å². The minimum absolute atomic E-state index is 0.103. The number of hydrogen-bond acceptors (Lipinski definition) is 5. The van der Waals surface area contributed by atoms with Crippen molar-refractivity contribution in [3.05, 3.63) is 63.7 Å². The highest BCUT2D eigenvalue weighted by Crippen LogP contribution is 2.36. The van der Waals surface area contributed by atoms with Crippen molar-refractivity contribution >= 4 is 17.3 Å². The summed E-state index contributed by atoms with van der Waals surface area (Å²) in [5.74, 6) is 0.585. The highest BCUT2D eigenvalue weighted by molar-refractivity contribution is 5.77. The number of hydrogen-bond donors (Lipinski definition) is 0. The number of carbonyl (C=O) groups is 1. The average Bonchev–Trinajstić information content (AvgIpc) is 2.72. The van der Waals surface area contributed by atoms with E-state index in [1.807, 2.05) is 31.2 Å². The van der Waals surface area contributed by atoms with Gasteiger partial charge in [0.1, 0.15) is 11.4 Å². The summed E-state index contributed by atoms with van der Waals surface area (Å²) >= 11 is 0. The number of ether oxygens (including phenoxy) is 1. The molecule has 10 heteroatoms. The molecule has 0 atom stereocenters. The largest absolute Gasteiger partial charge is 0.493 e. The Morgan fingerprint density at radius 1 is 1.13 bits per heavy atom. The van der Waals surface area contributed by atoms with Crippen LogP contribution >= 0.6 is 0 Å². The molecule has 0 radical (unpaired) electrons. The molecule has 0 saturated carbocycles. The zero-order valence-corrected chi connectivity index (χ0v) is 16.9. The van der Waals surface area contributed by atoms with Gasteiger partial charge in [0.15, 0.2) is 0 Å². The number of carbonyl (C=O) groups excluding carboxylic acids is 1. The fourth-order valence-corrected chi connectivity index (χ4v) is 3.43. The first kappa shape index (κ1) is 22.4. The van der Waals surface area contributed by atoms with E-state index in [1.54, 1.807) is 9.80 Å². The number of anilines is 1. The van der Waals surface area contributed by atoms with Crippen LogP contribution in [0.2, 0.25) is 0 Å². The molecular weight excluding hydrogens is 415 g/mol. The molecule has 1 amide bonds. The molecule has 1 saturated heterocycles. The summed E-state index contributed by atoms with van der Waals surface area (Å²) in [4.78, 5) is 26.2. The van der Waals surface area contributed by atoms with Crippen molar-refractivity contribution in [1.29, 1.82) is 0 Å². The Balaban J connectivity index is 1.56. The number of amides is 1. The van der Waals surface area contributed by atoms with Crippen LogP contribution in [0.25, 0.3) is 0 Å². The molecule has 0 spiro atoms. The predicted molar refractivity (Wildman–Crippen MR) is 108 cm³/mol. The van der Waals surface area contributed by atoms with Gasteiger partial charge >= 0.3 is 6.18 Å². The second-order valence-electron chi connectivity index (χ2n) is 7.24. The highest BCUT2D eigenvalue weighted by atomic mass is 19.4. The summed E-state index contributed by atoms with van der Waals surface area (Å²) in [5.41, 5.74) is -0.489. The second kappa shape index (κ2) is 9.23. The zero-order chi connectivity index (χ0) is 22.6. The molecule has 0 N–H and O–H groups in total. The van der Waals surface area contributed by atoms with Gasteiger partial charge in [-0.25, -0.2) is 0 Å². The van der Waals surface area contributed by atoms with E-state index >= 15 is 0 Å². The Labute approximate surface area is 177 Å². The fraction of sp³-hybridized carbons (Fsp3) is 0.381. The van der Waals surface area contributed by atoms with E-state index in [0.717, 1.165) is 17.7 Å². The Hall–Kier alpha value is -3.30. The fourth-order valence-electron chi connectivity index (χ4n) is 3.43. The summed E-state index contributed by atoms with van der Waals surface area (Å²) in [6, 6.07) is 10.0. The number of aryl methyl sites for hydroxylation is 1. The van der Waals surface area contributed by atoms with Gasteiger partial charge in [-0.2, -0.15) is 13.2 Å². The summed E-state index contributed by atoms with van der Waals surface area (Å²) < 4.78 is 44.2. The molecule has 31 heavy (non-hydrogen) atoms. The zero-order valence-electron chi connectivity index (χ0n) is 16.9. The minimum atomic E-state index is -4.66. The minimum Gasteiger partial charge on any atom is -0.493 e. The van der Waals surface area contributed by atoms with Crippen molar-refractivity contribution in [2.24, 2.45) is 0 Å². The Kier molecular flexibility index (Phi) is 6.67. The predicted octanol–water partition coefficient (Wildman–Crippen LogP) is 4.04. The van der Waals surface area contributed by atoms with Crippen LogP contribution in [0.1, 0.15) is 17.5 Å². The van der Waals surface area contributed by atoms with Crippen LogP contribution in [0.5, 0.6) is 5.75 Å².